The van der Waals surface area contributed by atoms with Crippen LogP contribution in [-0.2, 0) is 0 Å². The number of anilines is 1. The van der Waals surface area contributed by atoms with Crippen LogP contribution in [-0.4, -0.2) is 15.9 Å². The number of aryl methyl sites for hydroxylation is 3. The van der Waals surface area contributed by atoms with Crippen molar-refractivity contribution in [1.29, 1.82) is 0 Å². The lowest BCUT2D eigenvalue weighted by atomic mass is 10.1. The zero-order chi connectivity index (χ0) is 14.0. The quantitative estimate of drug-likeness (QED) is 0.922. The van der Waals surface area contributed by atoms with Gasteiger partial charge in [0.05, 0.1) is 11.3 Å². The molecule has 0 spiro atoms. The Morgan fingerprint density at radius 2 is 2.00 bits per heavy atom. The Labute approximate surface area is 120 Å². The van der Waals surface area contributed by atoms with Crippen molar-refractivity contribution in [2.24, 2.45) is 0 Å². The van der Waals surface area contributed by atoms with E-state index in [2.05, 4.69) is 31.2 Å². The van der Waals surface area contributed by atoms with Gasteiger partial charge >= 0.3 is 0 Å². The fraction of sp³-hybridized carbons (Fsp3) is 0.214. The van der Waals surface area contributed by atoms with Gasteiger partial charge in [0, 0.05) is 16.4 Å². The highest BCUT2D eigenvalue weighted by atomic mass is 79.9. The van der Waals surface area contributed by atoms with Crippen LogP contribution in [0.15, 0.2) is 28.9 Å². The van der Waals surface area contributed by atoms with Crippen LogP contribution in [0.3, 0.4) is 0 Å². The van der Waals surface area contributed by atoms with Gasteiger partial charge in [0.15, 0.2) is 0 Å². The highest BCUT2D eigenvalue weighted by molar-refractivity contribution is 9.10. The Balaban J connectivity index is 2.25. The maximum Gasteiger partial charge on any atom is 0.259 e. The Morgan fingerprint density at radius 1 is 1.26 bits per heavy atom. The second kappa shape index (κ2) is 5.48. The largest absolute Gasteiger partial charge is 0.322 e. The van der Waals surface area contributed by atoms with Gasteiger partial charge in [-0.3, -0.25) is 4.79 Å². The van der Waals surface area contributed by atoms with E-state index >= 15 is 0 Å². The Morgan fingerprint density at radius 3 is 2.63 bits per heavy atom. The fourth-order valence-electron chi connectivity index (χ4n) is 1.76. The molecule has 0 fully saturated rings. The van der Waals surface area contributed by atoms with Gasteiger partial charge in [-0.15, -0.1) is 0 Å². The van der Waals surface area contributed by atoms with E-state index in [4.69, 9.17) is 0 Å². The average Bonchev–Trinajstić information content (AvgIpc) is 2.32. The topological polar surface area (TPSA) is 54.9 Å². The molecule has 0 radical (unpaired) electrons. The highest BCUT2D eigenvalue weighted by Crippen LogP contribution is 2.20. The number of carbonyl (C=O) groups is 1. The molecule has 1 amide bonds. The van der Waals surface area contributed by atoms with Gasteiger partial charge in [0.2, 0.25) is 0 Å². The predicted molar refractivity (Wildman–Crippen MR) is 78.3 cm³/mol. The molecular formula is C14H14BrN3O. The number of nitrogens with zero attached hydrogens (tertiary/aromatic N) is 2. The molecule has 1 aromatic heterocycles. The molecule has 0 bridgehead atoms. The molecule has 0 atom stereocenters. The van der Waals surface area contributed by atoms with Crippen molar-refractivity contribution in [2.75, 3.05) is 5.32 Å². The van der Waals surface area contributed by atoms with Gasteiger partial charge in [-0.2, -0.15) is 0 Å². The van der Waals surface area contributed by atoms with E-state index in [0.29, 0.717) is 17.1 Å². The van der Waals surface area contributed by atoms with E-state index in [9.17, 15) is 4.79 Å². The van der Waals surface area contributed by atoms with Gasteiger partial charge in [0.25, 0.3) is 5.91 Å². The summed E-state index contributed by atoms with van der Waals surface area (Å²) in [6, 6.07) is 5.71. The van der Waals surface area contributed by atoms with Crippen LogP contribution in [0.2, 0.25) is 0 Å². The zero-order valence-electron chi connectivity index (χ0n) is 11.0. The second-order valence-electron chi connectivity index (χ2n) is 4.33. The maximum atomic E-state index is 12.2. The van der Waals surface area contributed by atoms with Crippen molar-refractivity contribution < 1.29 is 4.79 Å². The van der Waals surface area contributed by atoms with Crippen LogP contribution in [0.5, 0.6) is 0 Å². The first-order chi connectivity index (χ1) is 8.97. The molecule has 19 heavy (non-hydrogen) atoms. The second-order valence-corrected chi connectivity index (χ2v) is 5.25. The highest BCUT2D eigenvalue weighted by Gasteiger charge is 2.12. The van der Waals surface area contributed by atoms with Crippen LogP contribution in [0, 0.1) is 20.8 Å². The van der Waals surface area contributed by atoms with Gasteiger partial charge in [-0.25, -0.2) is 9.97 Å². The number of hydrogen-bond donors (Lipinski definition) is 1. The molecule has 1 aromatic carbocycles. The molecule has 0 aliphatic heterocycles. The lowest BCUT2D eigenvalue weighted by Crippen LogP contribution is -2.15. The van der Waals surface area contributed by atoms with Gasteiger partial charge in [-0.05, 0) is 44.5 Å². The Bertz CT molecular complexity index is 641. The number of aromatic nitrogens is 2. The number of rotatable bonds is 2. The summed E-state index contributed by atoms with van der Waals surface area (Å²) in [5.41, 5.74) is 2.95. The molecule has 98 valence electrons. The van der Waals surface area contributed by atoms with Crippen molar-refractivity contribution in [1.82, 2.24) is 9.97 Å². The van der Waals surface area contributed by atoms with Crippen molar-refractivity contribution in [3.8, 4) is 0 Å². The summed E-state index contributed by atoms with van der Waals surface area (Å²) in [5, 5.41) is 2.87. The molecule has 4 nitrogen and oxygen atoms in total. The SMILES string of the molecule is Cc1ncc(C(=O)Nc2ccc(Br)cc2C)c(C)n1. The van der Waals surface area contributed by atoms with E-state index < -0.39 is 0 Å². The van der Waals surface area contributed by atoms with Gasteiger partial charge in [0.1, 0.15) is 5.82 Å². The Kier molecular flexibility index (Phi) is 3.95. The fourth-order valence-corrected chi connectivity index (χ4v) is 2.24. The molecule has 0 aliphatic carbocycles. The minimum absolute atomic E-state index is 0.192. The summed E-state index contributed by atoms with van der Waals surface area (Å²) in [6.45, 7) is 5.55. The number of carbonyl (C=O) groups excluding carboxylic acids is 1. The number of hydrogen-bond acceptors (Lipinski definition) is 3. The molecule has 0 unspecified atom stereocenters. The standard InChI is InChI=1S/C14H14BrN3O/c1-8-6-11(15)4-5-13(8)18-14(19)12-7-16-10(3)17-9(12)2/h4-7H,1-3H3,(H,18,19). The summed E-state index contributed by atoms with van der Waals surface area (Å²) >= 11 is 3.39. The van der Waals surface area contributed by atoms with Crippen LogP contribution in [0.25, 0.3) is 0 Å². The summed E-state index contributed by atoms with van der Waals surface area (Å²) in [7, 11) is 0. The minimum Gasteiger partial charge on any atom is -0.322 e. The van der Waals surface area contributed by atoms with Crippen molar-refractivity contribution >= 4 is 27.5 Å². The zero-order valence-corrected chi connectivity index (χ0v) is 12.6. The summed E-state index contributed by atoms with van der Waals surface area (Å²) in [6.07, 6.45) is 1.56. The molecule has 0 saturated carbocycles. The monoisotopic (exact) mass is 319 g/mol. The third-order valence-corrected chi connectivity index (χ3v) is 3.27. The molecule has 5 heteroatoms. The van der Waals surface area contributed by atoms with Gasteiger partial charge in [-0.1, -0.05) is 15.9 Å². The first-order valence-corrected chi connectivity index (χ1v) is 6.64. The van der Waals surface area contributed by atoms with Crippen LogP contribution in [0.1, 0.15) is 27.4 Å². The average molecular weight is 320 g/mol. The molecule has 1 N–H and O–H groups in total. The number of amides is 1. The van der Waals surface area contributed by atoms with Gasteiger partial charge < -0.3 is 5.32 Å². The van der Waals surface area contributed by atoms with E-state index in [-0.39, 0.29) is 5.91 Å². The van der Waals surface area contributed by atoms with E-state index in [1.807, 2.05) is 25.1 Å². The summed E-state index contributed by atoms with van der Waals surface area (Å²) in [5.74, 6) is 0.469. The number of halogens is 1. The van der Waals surface area contributed by atoms with E-state index in [1.54, 1.807) is 20.0 Å². The molecule has 0 aliphatic rings. The summed E-state index contributed by atoms with van der Waals surface area (Å²) < 4.78 is 0.984. The summed E-state index contributed by atoms with van der Waals surface area (Å²) in [4.78, 5) is 20.4. The smallest absolute Gasteiger partial charge is 0.259 e. The van der Waals surface area contributed by atoms with E-state index in [1.165, 1.54) is 0 Å². The molecule has 2 aromatic rings. The third kappa shape index (κ3) is 3.17. The van der Waals surface area contributed by atoms with Crippen LogP contribution in [0.4, 0.5) is 5.69 Å². The van der Waals surface area contributed by atoms with Crippen molar-refractivity contribution in [3.63, 3.8) is 0 Å². The first-order valence-electron chi connectivity index (χ1n) is 5.85. The van der Waals surface area contributed by atoms with E-state index in [0.717, 1.165) is 15.7 Å². The van der Waals surface area contributed by atoms with Crippen LogP contribution >= 0.6 is 15.9 Å². The Hall–Kier alpha value is -1.75. The first kappa shape index (κ1) is 13.7. The molecule has 2 rings (SSSR count). The number of benzene rings is 1. The third-order valence-electron chi connectivity index (χ3n) is 2.78. The minimum atomic E-state index is -0.192. The normalized spacial score (nSPS) is 10.3. The number of nitrogens with one attached hydrogen (secondary N) is 1. The van der Waals surface area contributed by atoms with Crippen molar-refractivity contribution in [2.45, 2.75) is 20.8 Å². The lowest BCUT2D eigenvalue weighted by Gasteiger charge is -2.10. The van der Waals surface area contributed by atoms with Crippen molar-refractivity contribution in [3.05, 3.63) is 51.5 Å². The van der Waals surface area contributed by atoms with Crippen LogP contribution < -0.4 is 5.32 Å². The lowest BCUT2D eigenvalue weighted by molar-refractivity contribution is 0.102. The molecular weight excluding hydrogens is 306 g/mol. The predicted octanol–water partition coefficient (Wildman–Crippen LogP) is 3.42. The molecule has 1 heterocycles. The molecule has 0 saturated heterocycles. The maximum absolute atomic E-state index is 12.2.